The average molecular weight is 384 g/mol. The molecule has 0 saturated carbocycles. The van der Waals surface area contributed by atoms with E-state index in [0.717, 1.165) is 5.56 Å². The molecule has 1 N–H and O–H groups in total. The topological polar surface area (TPSA) is 80.3 Å². The molecule has 2 aromatic carbocycles. The van der Waals surface area contributed by atoms with Crippen molar-refractivity contribution in [2.45, 2.75) is 6.42 Å². The summed E-state index contributed by atoms with van der Waals surface area (Å²) in [5, 5.41) is 13.0. The number of anilines is 1. The molecule has 0 aliphatic heterocycles. The molecule has 0 atom stereocenters. The molecule has 0 spiro atoms. The van der Waals surface area contributed by atoms with Crippen LogP contribution >= 0.6 is 11.6 Å². The Morgan fingerprint density at radius 3 is 2.67 bits per heavy atom. The lowest BCUT2D eigenvalue weighted by atomic mass is 10.1. The van der Waals surface area contributed by atoms with Crippen molar-refractivity contribution in [1.82, 2.24) is 4.98 Å². The first-order chi connectivity index (χ1) is 13.1. The molecule has 0 saturated heterocycles. The molecule has 138 valence electrons. The number of hydrogen-bond donors (Lipinski definition) is 1. The minimum atomic E-state index is 0.206. The first-order valence-electron chi connectivity index (χ1n) is 8.26. The Kier molecular flexibility index (Phi) is 5.84. The molecule has 0 unspecified atom stereocenters. The SMILES string of the molecule is COc1ccc(CCNc2oc(-c3cccc(Cl)c3)nc2C#N)cc1OC. The number of halogens is 1. The molecule has 0 amide bonds. The van der Waals surface area contributed by atoms with Crippen LogP contribution in [0.15, 0.2) is 46.9 Å². The van der Waals surface area contributed by atoms with Gasteiger partial charge in [-0.3, -0.25) is 0 Å². The standard InChI is InChI=1S/C20H18ClN3O3/c1-25-17-7-6-13(10-18(17)26-2)8-9-23-20-16(12-22)24-19(27-20)14-4-3-5-15(21)11-14/h3-7,10-11,23H,8-9H2,1-2H3. The molecule has 27 heavy (non-hydrogen) atoms. The minimum Gasteiger partial charge on any atom is -0.493 e. The summed E-state index contributed by atoms with van der Waals surface area (Å²) in [6, 6.07) is 14.9. The van der Waals surface area contributed by atoms with E-state index in [1.807, 2.05) is 30.3 Å². The molecular weight excluding hydrogens is 366 g/mol. The van der Waals surface area contributed by atoms with Crippen molar-refractivity contribution in [1.29, 1.82) is 5.26 Å². The lowest BCUT2D eigenvalue weighted by Crippen LogP contribution is -2.05. The Balaban J connectivity index is 1.70. The average Bonchev–Trinajstić information content (AvgIpc) is 3.11. The van der Waals surface area contributed by atoms with Gasteiger partial charge in [-0.15, -0.1) is 0 Å². The van der Waals surface area contributed by atoms with Crippen molar-refractivity contribution >= 4 is 17.5 Å². The van der Waals surface area contributed by atoms with Gasteiger partial charge >= 0.3 is 0 Å². The van der Waals surface area contributed by atoms with Crippen molar-refractivity contribution in [2.24, 2.45) is 0 Å². The second kappa shape index (κ2) is 8.47. The Morgan fingerprint density at radius 2 is 1.96 bits per heavy atom. The van der Waals surface area contributed by atoms with Gasteiger partial charge in [0.25, 0.3) is 0 Å². The fraction of sp³-hybridized carbons (Fsp3) is 0.200. The third-order valence-corrected chi connectivity index (χ3v) is 4.19. The third-order valence-electron chi connectivity index (χ3n) is 3.95. The van der Waals surface area contributed by atoms with Gasteiger partial charge in [0.1, 0.15) is 6.07 Å². The largest absolute Gasteiger partial charge is 0.493 e. The zero-order valence-corrected chi connectivity index (χ0v) is 15.7. The quantitative estimate of drug-likeness (QED) is 0.645. The second-order valence-corrected chi connectivity index (χ2v) is 6.12. The summed E-state index contributed by atoms with van der Waals surface area (Å²) < 4.78 is 16.3. The van der Waals surface area contributed by atoms with Gasteiger partial charge in [-0.1, -0.05) is 23.7 Å². The van der Waals surface area contributed by atoms with E-state index < -0.39 is 0 Å². The Bertz CT molecular complexity index is 979. The Labute approximate surface area is 162 Å². The van der Waals surface area contributed by atoms with Crippen LogP contribution in [-0.2, 0) is 6.42 Å². The highest BCUT2D eigenvalue weighted by Crippen LogP contribution is 2.29. The molecule has 1 heterocycles. The molecule has 6 nitrogen and oxygen atoms in total. The maximum atomic E-state index is 9.31. The maximum absolute atomic E-state index is 9.31. The number of nitrogens with zero attached hydrogens (tertiary/aromatic N) is 2. The van der Waals surface area contributed by atoms with Gasteiger partial charge in [-0.05, 0) is 42.3 Å². The Morgan fingerprint density at radius 1 is 1.15 bits per heavy atom. The summed E-state index contributed by atoms with van der Waals surface area (Å²) in [5.41, 5.74) is 1.98. The van der Waals surface area contributed by atoms with Crippen LogP contribution in [0.3, 0.4) is 0 Å². The highest BCUT2D eigenvalue weighted by molar-refractivity contribution is 6.30. The van der Waals surface area contributed by atoms with Crippen LogP contribution in [0.4, 0.5) is 5.88 Å². The van der Waals surface area contributed by atoms with Crippen LogP contribution in [-0.4, -0.2) is 25.7 Å². The summed E-state index contributed by atoms with van der Waals surface area (Å²) >= 11 is 6.00. The monoisotopic (exact) mass is 383 g/mol. The molecule has 0 aliphatic rings. The number of oxazole rings is 1. The van der Waals surface area contributed by atoms with Crippen molar-refractivity contribution in [2.75, 3.05) is 26.1 Å². The lowest BCUT2D eigenvalue weighted by Gasteiger charge is -2.09. The molecule has 0 aliphatic carbocycles. The smallest absolute Gasteiger partial charge is 0.232 e. The predicted octanol–water partition coefficient (Wildman–Crippen LogP) is 4.54. The molecule has 7 heteroatoms. The van der Waals surface area contributed by atoms with Crippen LogP contribution < -0.4 is 14.8 Å². The molecule has 1 aromatic heterocycles. The minimum absolute atomic E-state index is 0.206. The van der Waals surface area contributed by atoms with Gasteiger partial charge in [0, 0.05) is 17.1 Å². The lowest BCUT2D eigenvalue weighted by molar-refractivity contribution is 0.354. The number of rotatable bonds is 7. The fourth-order valence-electron chi connectivity index (χ4n) is 2.62. The van der Waals surface area contributed by atoms with Crippen molar-refractivity contribution in [3.63, 3.8) is 0 Å². The summed E-state index contributed by atoms with van der Waals surface area (Å²) in [6.07, 6.45) is 0.707. The van der Waals surface area contributed by atoms with Crippen LogP contribution in [0, 0.1) is 11.3 Å². The summed E-state index contributed by atoms with van der Waals surface area (Å²) in [4.78, 5) is 4.23. The Hall–Kier alpha value is -3.17. The maximum Gasteiger partial charge on any atom is 0.232 e. The number of hydrogen-bond acceptors (Lipinski definition) is 6. The van der Waals surface area contributed by atoms with Crippen LogP contribution in [0.1, 0.15) is 11.3 Å². The van der Waals surface area contributed by atoms with Crippen molar-refractivity contribution in [3.05, 3.63) is 58.7 Å². The summed E-state index contributed by atoms with van der Waals surface area (Å²) in [7, 11) is 3.20. The van der Waals surface area contributed by atoms with Crippen LogP contribution in [0.25, 0.3) is 11.5 Å². The van der Waals surface area contributed by atoms with Gasteiger partial charge < -0.3 is 19.2 Å². The van der Waals surface area contributed by atoms with E-state index in [2.05, 4.69) is 10.3 Å². The molecular formula is C20H18ClN3O3. The highest BCUT2D eigenvalue weighted by atomic mass is 35.5. The zero-order valence-electron chi connectivity index (χ0n) is 15.0. The van der Waals surface area contributed by atoms with Gasteiger partial charge in [-0.2, -0.15) is 10.2 Å². The van der Waals surface area contributed by atoms with Gasteiger partial charge in [0.2, 0.25) is 17.5 Å². The number of aromatic nitrogens is 1. The normalized spacial score (nSPS) is 10.3. The first kappa shape index (κ1) is 18.6. The molecule has 0 bridgehead atoms. The van der Waals surface area contributed by atoms with E-state index in [4.69, 9.17) is 25.5 Å². The van der Waals surface area contributed by atoms with E-state index in [1.165, 1.54) is 0 Å². The van der Waals surface area contributed by atoms with Gasteiger partial charge in [0.15, 0.2) is 11.5 Å². The number of nitriles is 1. The molecule has 3 rings (SSSR count). The number of methoxy groups -OCH3 is 2. The zero-order chi connectivity index (χ0) is 19.2. The third kappa shape index (κ3) is 4.33. The van der Waals surface area contributed by atoms with E-state index in [0.29, 0.717) is 46.8 Å². The molecule has 3 aromatic rings. The summed E-state index contributed by atoms with van der Waals surface area (Å²) in [6.45, 7) is 0.564. The summed E-state index contributed by atoms with van der Waals surface area (Å²) in [5.74, 6) is 2.05. The van der Waals surface area contributed by atoms with Gasteiger partial charge in [-0.25, -0.2) is 0 Å². The predicted molar refractivity (Wildman–Crippen MR) is 103 cm³/mol. The fourth-order valence-corrected chi connectivity index (χ4v) is 2.81. The van der Waals surface area contributed by atoms with Crippen molar-refractivity contribution in [3.8, 4) is 29.0 Å². The second-order valence-electron chi connectivity index (χ2n) is 5.69. The van der Waals surface area contributed by atoms with E-state index in [1.54, 1.807) is 32.4 Å². The molecule has 0 fully saturated rings. The highest BCUT2D eigenvalue weighted by Gasteiger charge is 2.14. The van der Waals surface area contributed by atoms with Gasteiger partial charge in [0.05, 0.1) is 14.2 Å². The van der Waals surface area contributed by atoms with Crippen molar-refractivity contribution < 1.29 is 13.9 Å². The number of nitrogens with one attached hydrogen (secondary N) is 1. The van der Waals surface area contributed by atoms with Crippen LogP contribution in [0.5, 0.6) is 11.5 Å². The molecule has 0 radical (unpaired) electrons. The van der Waals surface area contributed by atoms with E-state index in [-0.39, 0.29) is 5.69 Å². The van der Waals surface area contributed by atoms with E-state index >= 15 is 0 Å². The first-order valence-corrected chi connectivity index (χ1v) is 8.64. The van der Waals surface area contributed by atoms with Crippen LogP contribution in [0.2, 0.25) is 5.02 Å². The number of ether oxygens (including phenoxy) is 2. The van der Waals surface area contributed by atoms with E-state index in [9.17, 15) is 5.26 Å². The number of benzene rings is 2.